The Morgan fingerprint density at radius 1 is 1.20 bits per heavy atom. The predicted octanol–water partition coefficient (Wildman–Crippen LogP) is 3.94. The number of fused-ring (bicyclic) bond motifs is 1. The molecule has 112 valence electrons. The molecule has 2 aliphatic carbocycles. The number of phenolic OH excluding ortho intramolecular Hbond substituents is 1. The minimum Gasteiger partial charge on any atom is -0.507 e. The minimum atomic E-state index is -0.178. The molecule has 3 nitrogen and oxygen atoms in total. The van der Waals surface area contributed by atoms with Gasteiger partial charge in [-0.2, -0.15) is 0 Å². The molecule has 0 aromatic carbocycles. The van der Waals surface area contributed by atoms with Crippen LogP contribution in [-0.4, -0.2) is 11.0 Å². The van der Waals surface area contributed by atoms with Crippen molar-refractivity contribution in [2.24, 2.45) is 22.5 Å². The van der Waals surface area contributed by atoms with Gasteiger partial charge >= 0.3 is 0 Å². The van der Waals surface area contributed by atoms with Gasteiger partial charge in [0.05, 0.1) is 0 Å². The molecule has 0 spiro atoms. The van der Waals surface area contributed by atoms with Crippen LogP contribution in [0.5, 0.6) is 5.75 Å². The number of phenols is 1. The molecule has 3 heteroatoms. The van der Waals surface area contributed by atoms with Crippen LogP contribution < -0.4 is 5.73 Å². The molecule has 0 saturated carbocycles. The van der Waals surface area contributed by atoms with E-state index in [1.807, 2.05) is 12.1 Å². The summed E-state index contributed by atoms with van der Waals surface area (Å²) in [4.78, 5) is 11.2. The summed E-state index contributed by atoms with van der Waals surface area (Å²) in [5.74, 6) is 0.213. The molecule has 0 radical (unpaired) electrons. The van der Waals surface area contributed by atoms with E-state index in [1.165, 1.54) is 5.56 Å². The Morgan fingerprint density at radius 3 is 1.85 bits per heavy atom. The third-order valence-electron chi connectivity index (χ3n) is 3.43. The molecule has 0 aromatic rings. The number of carbonyl (C=O) groups excluding carboxylic acids is 1. The predicted molar refractivity (Wildman–Crippen MR) is 83.3 cm³/mol. The molecule has 0 saturated heterocycles. The van der Waals surface area contributed by atoms with Crippen LogP contribution in [0.2, 0.25) is 0 Å². The van der Waals surface area contributed by atoms with Gasteiger partial charge in [0.2, 0.25) is 5.91 Å². The molecule has 0 aliphatic heterocycles. The summed E-state index contributed by atoms with van der Waals surface area (Å²) in [5, 5.41) is 8.78. The number of amides is 1. The van der Waals surface area contributed by atoms with Crippen molar-refractivity contribution in [3.8, 4) is 16.9 Å². The van der Waals surface area contributed by atoms with E-state index in [4.69, 9.17) is 10.8 Å². The first-order valence-electron chi connectivity index (χ1n) is 7.04. The zero-order valence-corrected chi connectivity index (χ0v) is 13.4. The first-order valence-corrected chi connectivity index (χ1v) is 7.04. The maximum atomic E-state index is 11.2. The Labute approximate surface area is 122 Å². The molecule has 3 N–H and O–H groups in total. The minimum absolute atomic E-state index is 0.0287. The van der Waals surface area contributed by atoms with Gasteiger partial charge in [-0.15, -0.1) is 0 Å². The SMILES string of the molecule is CC(C)(C)CC(C(N)=O)C(C)(C)C.Oc1ccc2cc1-2. The summed E-state index contributed by atoms with van der Waals surface area (Å²) in [5.41, 5.74) is 7.74. The quantitative estimate of drug-likeness (QED) is 0.873. The van der Waals surface area contributed by atoms with E-state index in [9.17, 15) is 4.79 Å². The molecule has 0 aromatic heterocycles. The van der Waals surface area contributed by atoms with Gasteiger partial charge in [0.25, 0.3) is 0 Å². The average Bonchev–Trinajstić information content (AvgIpc) is 2.93. The third-order valence-corrected chi connectivity index (χ3v) is 3.43. The van der Waals surface area contributed by atoms with Gasteiger partial charge < -0.3 is 10.8 Å². The molecular formula is C17H27NO2. The maximum absolute atomic E-state index is 11.2. The lowest BCUT2D eigenvalue weighted by atomic mass is 9.72. The summed E-state index contributed by atoms with van der Waals surface area (Å²) in [7, 11) is 0. The summed E-state index contributed by atoms with van der Waals surface area (Å²) in [6.07, 6.45) is 0.853. The summed E-state index contributed by atoms with van der Waals surface area (Å²) in [6, 6.07) is 5.57. The van der Waals surface area contributed by atoms with E-state index in [2.05, 4.69) is 41.5 Å². The van der Waals surface area contributed by atoms with E-state index in [0.717, 1.165) is 12.0 Å². The van der Waals surface area contributed by atoms with Gasteiger partial charge in [-0.05, 0) is 34.9 Å². The fourth-order valence-electron chi connectivity index (χ4n) is 2.18. The largest absolute Gasteiger partial charge is 0.507 e. The van der Waals surface area contributed by atoms with Gasteiger partial charge in [-0.1, -0.05) is 47.6 Å². The zero-order valence-electron chi connectivity index (χ0n) is 13.4. The van der Waals surface area contributed by atoms with Crippen molar-refractivity contribution >= 4 is 5.91 Å². The Hall–Kier alpha value is -1.51. The second-order valence-electron chi connectivity index (χ2n) is 7.82. The van der Waals surface area contributed by atoms with Crippen molar-refractivity contribution < 1.29 is 9.90 Å². The summed E-state index contributed by atoms with van der Waals surface area (Å²) >= 11 is 0. The highest BCUT2D eigenvalue weighted by atomic mass is 16.3. The molecule has 20 heavy (non-hydrogen) atoms. The Morgan fingerprint density at radius 2 is 1.75 bits per heavy atom. The third kappa shape index (κ3) is 4.87. The van der Waals surface area contributed by atoms with Crippen LogP contribution >= 0.6 is 0 Å². The number of nitrogens with two attached hydrogens (primary N) is 1. The number of hydrogen-bond acceptors (Lipinski definition) is 2. The van der Waals surface area contributed by atoms with Crippen LogP contribution in [0.15, 0.2) is 18.2 Å². The molecule has 0 heterocycles. The highest BCUT2D eigenvalue weighted by Gasteiger charge is 2.32. The molecule has 2 rings (SSSR count). The molecule has 1 amide bonds. The Bertz CT molecular complexity index is 493. The van der Waals surface area contributed by atoms with Crippen molar-refractivity contribution in [2.75, 3.05) is 0 Å². The Balaban J connectivity index is 0.000000233. The number of aromatic hydroxyl groups is 1. The zero-order chi connectivity index (χ0) is 15.7. The van der Waals surface area contributed by atoms with Gasteiger partial charge in [0.15, 0.2) is 0 Å². The molecule has 2 aliphatic rings. The van der Waals surface area contributed by atoms with Crippen molar-refractivity contribution in [3.63, 3.8) is 0 Å². The van der Waals surface area contributed by atoms with Crippen LogP contribution in [0.25, 0.3) is 11.1 Å². The lowest BCUT2D eigenvalue weighted by molar-refractivity contribution is -0.126. The van der Waals surface area contributed by atoms with Crippen LogP contribution in [-0.2, 0) is 4.79 Å². The lowest BCUT2D eigenvalue weighted by Crippen LogP contribution is -2.36. The van der Waals surface area contributed by atoms with Crippen molar-refractivity contribution in [1.82, 2.24) is 0 Å². The summed E-state index contributed by atoms with van der Waals surface area (Å²) in [6.45, 7) is 12.6. The average molecular weight is 277 g/mol. The lowest BCUT2D eigenvalue weighted by Gasteiger charge is -2.33. The number of benzene rings is 1. The van der Waals surface area contributed by atoms with Gasteiger partial charge in [-0.3, -0.25) is 4.79 Å². The van der Waals surface area contributed by atoms with E-state index in [0.29, 0.717) is 5.75 Å². The van der Waals surface area contributed by atoms with Crippen LogP contribution in [0.1, 0.15) is 48.0 Å². The number of hydrogen-bond donors (Lipinski definition) is 2. The van der Waals surface area contributed by atoms with Crippen LogP contribution in [0.4, 0.5) is 0 Å². The monoisotopic (exact) mass is 277 g/mol. The van der Waals surface area contributed by atoms with Gasteiger partial charge in [0, 0.05) is 11.5 Å². The van der Waals surface area contributed by atoms with Crippen molar-refractivity contribution in [3.05, 3.63) is 18.2 Å². The molecule has 1 atom stereocenters. The van der Waals surface area contributed by atoms with Gasteiger partial charge in [0.1, 0.15) is 5.75 Å². The smallest absolute Gasteiger partial charge is 0.221 e. The second-order valence-corrected chi connectivity index (χ2v) is 7.82. The maximum Gasteiger partial charge on any atom is 0.221 e. The number of primary amides is 1. The second kappa shape index (κ2) is 5.47. The van der Waals surface area contributed by atoms with Crippen LogP contribution in [0.3, 0.4) is 0 Å². The van der Waals surface area contributed by atoms with Crippen molar-refractivity contribution in [1.29, 1.82) is 0 Å². The highest BCUT2D eigenvalue weighted by molar-refractivity contribution is 5.86. The number of rotatable bonds is 2. The van der Waals surface area contributed by atoms with E-state index < -0.39 is 0 Å². The normalized spacial score (nSPS) is 14.1. The molecule has 0 bridgehead atoms. The van der Waals surface area contributed by atoms with E-state index in [1.54, 1.807) is 6.07 Å². The topological polar surface area (TPSA) is 63.3 Å². The first-order chi connectivity index (χ1) is 8.92. The molecular weight excluding hydrogens is 250 g/mol. The van der Waals surface area contributed by atoms with E-state index >= 15 is 0 Å². The Kier molecular flexibility index (Phi) is 4.52. The fraction of sp³-hybridized carbons (Fsp3) is 0.588. The summed E-state index contributed by atoms with van der Waals surface area (Å²) < 4.78 is 0. The van der Waals surface area contributed by atoms with E-state index in [-0.39, 0.29) is 22.7 Å². The number of carbonyl (C=O) groups is 1. The van der Waals surface area contributed by atoms with Crippen LogP contribution in [0, 0.1) is 16.7 Å². The standard InChI is InChI=1S/C11H23NO.C6H4O/c1-10(2,3)7-8(9(12)13)11(4,5)6;7-6-2-1-4-3-5(4)6/h8H,7H2,1-6H3,(H2,12,13);1-3,7H. The highest BCUT2D eigenvalue weighted by Crippen LogP contribution is 2.42. The fourth-order valence-corrected chi connectivity index (χ4v) is 2.18. The first kappa shape index (κ1) is 16.5. The molecule has 0 fully saturated rings. The molecule has 1 unspecified atom stereocenters. The van der Waals surface area contributed by atoms with Crippen molar-refractivity contribution in [2.45, 2.75) is 48.0 Å². The van der Waals surface area contributed by atoms with Gasteiger partial charge in [-0.25, -0.2) is 0 Å².